The molecule has 0 bridgehead atoms. The fourth-order valence-corrected chi connectivity index (χ4v) is 3.67. The zero-order valence-corrected chi connectivity index (χ0v) is 15.6. The molecule has 0 radical (unpaired) electrons. The maximum absolute atomic E-state index is 14.5. The van der Waals surface area contributed by atoms with Gasteiger partial charge in [0.1, 0.15) is 24.0 Å². The molecule has 1 aliphatic carbocycles. The monoisotopic (exact) mass is 436 g/mol. The van der Waals surface area contributed by atoms with E-state index in [-0.39, 0.29) is 41.5 Å². The van der Waals surface area contributed by atoms with Crippen molar-refractivity contribution in [1.82, 2.24) is 9.97 Å². The molecular weight excluding hydrogens is 422 g/mol. The van der Waals surface area contributed by atoms with Crippen LogP contribution in [-0.4, -0.2) is 34.6 Å². The van der Waals surface area contributed by atoms with Gasteiger partial charge in [0, 0.05) is 34.8 Å². The van der Waals surface area contributed by atoms with Gasteiger partial charge in [-0.05, 0) is 46.1 Å². The van der Waals surface area contributed by atoms with E-state index in [1.165, 1.54) is 18.5 Å². The van der Waals surface area contributed by atoms with Crippen molar-refractivity contribution in [1.29, 1.82) is 0 Å². The molecule has 0 unspecified atom stereocenters. The maximum atomic E-state index is 14.5. The summed E-state index contributed by atoms with van der Waals surface area (Å²) in [4.78, 5) is 24.3. The predicted molar refractivity (Wildman–Crippen MR) is 96.4 cm³/mol. The molecule has 0 aromatic carbocycles. The average molecular weight is 437 g/mol. The number of hydrogen-bond acceptors (Lipinski definition) is 6. The van der Waals surface area contributed by atoms with Gasteiger partial charge in [0.25, 0.3) is 6.02 Å². The van der Waals surface area contributed by atoms with E-state index >= 15 is 0 Å². The third-order valence-corrected chi connectivity index (χ3v) is 5.34. The van der Waals surface area contributed by atoms with E-state index in [2.05, 4.69) is 30.9 Å². The highest BCUT2D eigenvalue weighted by Gasteiger charge is 2.60. The van der Waals surface area contributed by atoms with Crippen LogP contribution in [0, 0.1) is 11.9 Å². The minimum atomic E-state index is -1.46. The summed E-state index contributed by atoms with van der Waals surface area (Å²) >= 11 is 3.26. The highest BCUT2D eigenvalue weighted by atomic mass is 79.9. The van der Waals surface area contributed by atoms with E-state index in [4.69, 9.17) is 10.5 Å². The van der Waals surface area contributed by atoms with E-state index in [1.54, 1.807) is 12.1 Å². The number of fused-ring (bicyclic) bond motifs is 1. The van der Waals surface area contributed by atoms with Gasteiger partial charge in [0.2, 0.25) is 5.95 Å². The summed E-state index contributed by atoms with van der Waals surface area (Å²) in [5.74, 6) is -1.38. The number of hydrogen-bond donors (Lipinski definition) is 1. The molecule has 2 aromatic heterocycles. The van der Waals surface area contributed by atoms with Crippen molar-refractivity contribution in [2.45, 2.75) is 24.5 Å². The Morgan fingerprint density at radius 3 is 2.89 bits per heavy atom. The van der Waals surface area contributed by atoms with Crippen LogP contribution in [0.3, 0.4) is 0 Å². The summed E-state index contributed by atoms with van der Waals surface area (Å²) in [7, 11) is 0. The minimum Gasteiger partial charge on any atom is -0.462 e. The van der Waals surface area contributed by atoms with Crippen molar-refractivity contribution in [3.8, 4) is 0 Å². The molecule has 1 fully saturated rings. The first-order valence-corrected chi connectivity index (χ1v) is 9.10. The minimum absolute atomic E-state index is 0.00202. The molecular formula is C18H15BrF2N4O2. The molecule has 2 aliphatic rings. The number of halogens is 3. The molecule has 2 N–H and O–H groups in total. The van der Waals surface area contributed by atoms with Crippen LogP contribution in [0.2, 0.25) is 0 Å². The Bertz CT molecular complexity index is 937. The largest absolute Gasteiger partial charge is 0.462 e. The molecule has 140 valence electrons. The van der Waals surface area contributed by atoms with Crippen LogP contribution in [0.1, 0.15) is 28.0 Å². The van der Waals surface area contributed by atoms with E-state index in [0.717, 1.165) is 4.47 Å². The van der Waals surface area contributed by atoms with Gasteiger partial charge in [-0.15, -0.1) is 0 Å². The summed E-state index contributed by atoms with van der Waals surface area (Å²) < 4.78 is 34.6. The standard InChI is InChI=1S/C18H15BrF2N4O2/c19-10-1-2-13(23-7-10)14(26)4-9-3-12(16(21)24-6-9)18(8-20)11-5-15(11)27-17(22)25-18/h1-3,6-7,11,15H,4-5,8H2,(H2,22,25)/t11-,15+,18-/m0/s1. The number of carbonyl (C=O) groups excluding carboxylic acids is 1. The number of nitrogens with two attached hydrogens (primary N) is 1. The summed E-state index contributed by atoms with van der Waals surface area (Å²) in [5, 5.41) is 0. The average Bonchev–Trinajstić information content (AvgIpc) is 3.43. The van der Waals surface area contributed by atoms with Crippen LogP contribution in [-0.2, 0) is 16.7 Å². The second-order valence-electron chi connectivity index (χ2n) is 6.65. The topological polar surface area (TPSA) is 90.5 Å². The van der Waals surface area contributed by atoms with E-state index < -0.39 is 18.2 Å². The number of aromatic nitrogens is 2. The first-order chi connectivity index (χ1) is 12.9. The molecule has 3 heterocycles. The number of amidine groups is 1. The van der Waals surface area contributed by atoms with Crippen molar-refractivity contribution >= 4 is 27.7 Å². The molecule has 4 rings (SSSR count). The number of ether oxygens (including phenoxy) is 1. The van der Waals surface area contributed by atoms with Gasteiger partial charge in [-0.25, -0.2) is 14.4 Å². The Hall–Kier alpha value is -2.42. The maximum Gasteiger partial charge on any atom is 0.283 e. The van der Waals surface area contributed by atoms with Gasteiger partial charge in [0.05, 0.1) is 0 Å². The quantitative estimate of drug-likeness (QED) is 0.574. The third-order valence-electron chi connectivity index (χ3n) is 4.87. The second-order valence-corrected chi connectivity index (χ2v) is 7.57. The lowest BCUT2D eigenvalue weighted by Crippen LogP contribution is -2.40. The summed E-state index contributed by atoms with van der Waals surface area (Å²) in [6.07, 6.45) is 3.01. The molecule has 2 aromatic rings. The van der Waals surface area contributed by atoms with Gasteiger partial charge in [-0.3, -0.25) is 9.78 Å². The molecule has 9 heteroatoms. The zero-order chi connectivity index (χ0) is 19.2. The molecule has 27 heavy (non-hydrogen) atoms. The third kappa shape index (κ3) is 3.20. The van der Waals surface area contributed by atoms with E-state index in [9.17, 15) is 13.6 Å². The van der Waals surface area contributed by atoms with Gasteiger partial charge in [-0.1, -0.05) is 0 Å². The normalized spacial score (nSPS) is 26.0. The first kappa shape index (κ1) is 18.0. The molecule has 0 amide bonds. The van der Waals surface area contributed by atoms with Crippen LogP contribution in [0.25, 0.3) is 0 Å². The molecule has 1 aliphatic heterocycles. The molecule has 0 saturated heterocycles. The summed E-state index contributed by atoms with van der Waals surface area (Å²) in [6.45, 7) is -0.928. The Balaban J connectivity index is 1.66. The van der Waals surface area contributed by atoms with Crippen molar-refractivity contribution in [2.24, 2.45) is 16.6 Å². The highest BCUT2D eigenvalue weighted by Crippen LogP contribution is 2.53. The number of nitrogens with zero attached hydrogens (tertiary/aromatic N) is 3. The van der Waals surface area contributed by atoms with Crippen molar-refractivity contribution in [3.05, 3.63) is 57.8 Å². The van der Waals surface area contributed by atoms with Crippen LogP contribution in [0.15, 0.2) is 40.1 Å². The fourth-order valence-electron chi connectivity index (χ4n) is 3.43. The lowest BCUT2D eigenvalue weighted by molar-refractivity contribution is 0.0987. The first-order valence-electron chi connectivity index (χ1n) is 8.30. The summed E-state index contributed by atoms with van der Waals surface area (Å²) in [6, 6.07) is 4.58. The number of Topliss-reactive ketones (excluding diaryl/α,β-unsaturated/α-hetero) is 1. The Morgan fingerprint density at radius 1 is 1.37 bits per heavy atom. The van der Waals surface area contributed by atoms with Gasteiger partial charge in [-0.2, -0.15) is 4.39 Å². The van der Waals surface area contributed by atoms with Crippen molar-refractivity contribution in [3.63, 3.8) is 0 Å². The molecule has 6 nitrogen and oxygen atoms in total. The lowest BCUT2D eigenvalue weighted by atomic mass is 9.85. The van der Waals surface area contributed by atoms with E-state index in [1.807, 2.05) is 0 Å². The summed E-state index contributed by atoms with van der Waals surface area (Å²) in [5.41, 5.74) is 4.92. The second kappa shape index (κ2) is 6.63. The smallest absolute Gasteiger partial charge is 0.283 e. The lowest BCUT2D eigenvalue weighted by Gasteiger charge is -2.31. The predicted octanol–water partition coefficient (Wildman–Crippen LogP) is 2.70. The SMILES string of the molecule is NC1=N[C@](CF)(c2cc(CC(=O)c3ccc(Br)cn3)cnc2F)[C@H]2C[C@H]2O1. The number of aliphatic imine (C=N–C) groups is 1. The van der Waals surface area contributed by atoms with Gasteiger partial charge < -0.3 is 10.5 Å². The van der Waals surface area contributed by atoms with Crippen molar-refractivity contribution < 1.29 is 18.3 Å². The Labute approximate surface area is 162 Å². The molecule has 0 spiro atoms. The Kier molecular flexibility index (Phi) is 4.41. The van der Waals surface area contributed by atoms with Crippen LogP contribution >= 0.6 is 15.9 Å². The molecule has 1 saturated carbocycles. The van der Waals surface area contributed by atoms with E-state index in [0.29, 0.717) is 12.0 Å². The van der Waals surface area contributed by atoms with Crippen molar-refractivity contribution in [2.75, 3.05) is 6.67 Å². The fraction of sp³-hybridized carbons (Fsp3) is 0.333. The van der Waals surface area contributed by atoms with Gasteiger partial charge in [0.15, 0.2) is 5.78 Å². The van der Waals surface area contributed by atoms with Crippen LogP contribution in [0.5, 0.6) is 0 Å². The van der Waals surface area contributed by atoms with Gasteiger partial charge >= 0.3 is 0 Å². The molecule has 3 atom stereocenters. The number of alkyl halides is 1. The Morgan fingerprint density at radius 2 is 2.19 bits per heavy atom. The number of rotatable bonds is 5. The number of ketones is 1. The zero-order valence-electron chi connectivity index (χ0n) is 14.0. The number of carbonyl (C=O) groups is 1. The van der Waals surface area contributed by atoms with Crippen LogP contribution in [0.4, 0.5) is 8.78 Å². The number of pyridine rings is 2. The van der Waals surface area contributed by atoms with Crippen LogP contribution < -0.4 is 5.73 Å². The highest BCUT2D eigenvalue weighted by molar-refractivity contribution is 9.10.